The number of ketones is 1. The smallest absolute Gasteiger partial charge is 0.264 e. The van der Waals surface area contributed by atoms with Crippen LogP contribution in [0.5, 0.6) is 5.75 Å². The van der Waals surface area contributed by atoms with E-state index >= 15 is 0 Å². The van der Waals surface area contributed by atoms with Crippen LogP contribution in [0.1, 0.15) is 18.9 Å². The van der Waals surface area contributed by atoms with Crippen LogP contribution in [0.3, 0.4) is 0 Å². The van der Waals surface area contributed by atoms with Gasteiger partial charge in [0.05, 0.1) is 17.3 Å². The maximum Gasteiger partial charge on any atom is 0.264 e. The van der Waals surface area contributed by atoms with Crippen LogP contribution < -0.4 is 9.64 Å². The van der Waals surface area contributed by atoms with Crippen molar-refractivity contribution in [3.8, 4) is 5.75 Å². The highest BCUT2D eigenvalue weighted by Crippen LogP contribution is 2.43. The highest BCUT2D eigenvalue weighted by atomic mass is 79.9. The van der Waals surface area contributed by atoms with Gasteiger partial charge in [-0.1, -0.05) is 39.7 Å². The average molecular weight is 439 g/mol. The Kier molecular flexibility index (Phi) is 5.37. The maximum absolute atomic E-state index is 12.9. The summed E-state index contributed by atoms with van der Waals surface area (Å²) < 4.78 is 6.37. The molecule has 0 saturated heterocycles. The number of ether oxygens (including phenoxy) is 1. The SMILES string of the molecule is CC(=O)C[C@]1(O)C(=O)N(CCOc2ccccc2Cl)c2ccc(Br)cc21. The van der Waals surface area contributed by atoms with E-state index in [1.165, 1.54) is 11.8 Å². The van der Waals surface area contributed by atoms with Crippen LogP contribution in [0.2, 0.25) is 5.02 Å². The lowest BCUT2D eigenvalue weighted by atomic mass is 9.90. The van der Waals surface area contributed by atoms with Crippen LogP contribution in [-0.4, -0.2) is 29.9 Å². The fourth-order valence-electron chi connectivity index (χ4n) is 3.08. The zero-order valence-corrected chi connectivity index (χ0v) is 16.4. The molecule has 0 radical (unpaired) electrons. The Morgan fingerprint density at radius 2 is 2.04 bits per heavy atom. The Bertz CT molecular complexity index is 872. The molecule has 0 aliphatic carbocycles. The molecule has 2 aromatic rings. The largest absolute Gasteiger partial charge is 0.490 e. The first-order valence-corrected chi connectivity index (χ1v) is 9.21. The molecule has 1 aliphatic rings. The second kappa shape index (κ2) is 7.39. The third-order valence-electron chi connectivity index (χ3n) is 4.21. The van der Waals surface area contributed by atoms with Crippen molar-refractivity contribution in [2.75, 3.05) is 18.1 Å². The van der Waals surface area contributed by atoms with E-state index in [1.807, 2.05) is 0 Å². The van der Waals surface area contributed by atoms with E-state index in [0.717, 1.165) is 4.47 Å². The number of carbonyl (C=O) groups is 2. The van der Waals surface area contributed by atoms with Crippen molar-refractivity contribution >= 4 is 44.9 Å². The Labute approximate surface area is 164 Å². The van der Waals surface area contributed by atoms with E-state index in [9.17, 15) is 14.7 Å². The molecular formula is C19H17BrClNO4. The van der Waals surface area contributed by atoms with Crippen molar-refractivity contribution in [1.29, 1.82) is 0 Å². The summed E-state index contributed by atoms with van der Waals surface area (Å²) in [5.41, 5.74) is -0.857. The highest BCUT2D eigenvalue weighted by molar-refractivity contribution is 9.10. The number of Topliss-reactive ketones (excluding diaryl/α,β-unsaturated/α-hetero) is 1. The van der Waals surface area contributed by atoms with E-state index in [2.05, 4.69) is 15.9 Å². The molecule has 26 heavy (non-hydrogen) atoms. The van der Waals surface area contributed by atoms with Gasteiger partial charge in [-0.15, -0.1) is 0 Å². The molecule has 0 spiro atoms. The van der Waals surface area contributed by atoms with Gasteiger partial charge in [0.25, 0.3) is 5.91 Å². The van der Waals surface area contributed by atoms with Crippen molar-refractivity contribution in [2.24, 2.45) is 0 Å². The monoisotopic (exact) mass is 437 g/mol. The molecule has 1 N–H and O–H groups in total. The Morgan fingerprint density at radius 3 is 2.73 bits per heavy atom. The van der Waals surface area contributed by atoms with Gasteiger partial charge in [0.1, 0.15) is 18.1 Å². The number of halogens is 2. The lowest BCUT2D eigenvalue weighted by Crippen LogP contribution is -2.43. The maximum atomic E-state index is 12.9. The van der Waals surface area contributed by atoms with E-state index in [-0.39, 0.29) is 25.4 Å². The first-order chi connectivity index (χ1) is 12.3. The number of nitrogens with zero attached hydrogens (tertiary/aromatic N) is 1. The van der Waals surface area contributed by atoms with E-state index in [1.54, 1.807) is 42.5 Å². The minimum atomic E-state index is -1.85. The molecule has 2 aromatic carbocycles. The van der Waals surface area contributed by atoms with Crippen molar-refractivity contribution in [2.45, 2.75) is 18.9 Å². The number of hydrogen-bond donors (Lipinski definition) is 1. The number of rotatable bonds is 6. The Morgan fingerprint density at radius 1 is 1.31 bits per heavy atom. The van der Waals surface area contributed by atoms with Gasteiger partial charge in [-0.3, -0.25) is 9.59 Å². The summed E-state index contributed by atoms with van der Waals surface area (Å²) >= 11 is 9.41. The van der Waals surface area contributed by atoms with Crippen molar-refractivity contribution < 1.29 is 19.4 Å². The molecule has 136 valence electrons. The number of benzene rings is 2. The van der Waals surface area contributed by atoms with Gasteiger partial charge in [0.2, 0.25) is 0 Å². The summed E-state index contributed by atoms with van der Waals surface area (Å²) in [6.07, 6.45) is -0.267. The molecule has 0 fully saturated rings. The zero-order chi connectivity index (χ0) is 18.9. The van der Waals surface area contributed by atoms with Gasteiger partial charge in [-0.05, 0) is 37.3 Å². The summed E-state index contributed by atoms with van der Waals surface area (Å²) in [6, 6.07) is 12.3. The minimum Gasteiger partial charge on any atom is -0.490 e. The van der Waals surface area contributed by atoms with Crippen LogP contribution in [-0.2, 0) is 15.2 Å². The van der Waals surface area contributed by atoms with Crippen LogP contribution in [0, 0.1) is 0 Å². The standard InChI is InChI=1S/C19H17BrClNO4/c1-12(23)11-19(25)14-10-13(20)6-7-16(14)22(18(19)24)8-9-26-17-5-3-2-4-15(17)21/h2-7,10,25H,8-9,11H2,1H3/t19-/m1/s1. The summed E-state index contributed by atoms with van der Waals surface area (Å²) in [5.74, 6) is -0.264. The van der Waals surface area contributed by atoms with E-state index in [4.69, 9.17) is 16.3 Å². The average Bonchev–Trinajstić information content (AvgIpc) is 2.77. The fourth-order valence-corrected chi connectivity index (χ4v) is 3.64. The van der Waals surface area contributed by atoms with Crippen LogP contribution in [0.25, 0.3) is 0 Å². The van der Waals surface area contributed by atoms with Gasteiger partial charge in [-0.2, -0.15) is 0 Å². The van der Waals surface area contributed by atoms with Crippen LogP contribution >= 0.6 is 27.5 Å². The van der Waals surface area contributed by atoms with Crippen LogP contribution in [0.15, 0.2) is 46.9 Å². The predicted molar refractivity (Wildman–Crippen MR) is 103 cm³/mol. The minimum absolute atomic E-state index is 0.196. The van der Waals surface area contributed by atoms with Crippen molar-refractivity contribution in [3.63, 3.8) is 0 Å². The molecule has 0 aromatic heterocycles. The van der Waals surface area contributed by atoms with Crippen molar-refractivity contribution in [3.05, 3.63) is 57.5 Å². The molecule has 0 unspecified atom stereocenters. The second-order valence-electron chi connectivity index (χ2n) is 6.14. The molecule has 0 saturated carbocycles. The third kappa shape index (κ3) is 3.49. The number of aliphatic hydroxyl groups is 1. The third-order valence-corrected chi connectivity index (χ3v) is 5.01. The Balaban J connectivity index is 1.83. The van der Waals surface area contributed by atoms with Gasteiger partial charge < -0.3 is 14.7 Å². The number of carbonyl (C=O) groups excluding carboxylic acids is 2. The number of fused-ring (bicyclic) bond motifs is 1. The number of hydrogen-bond acceptors (Lipinski definition) is 4. The molecule has 1 atom stereocenters. The lowest BCUT2D eigenvalue weighted by molar-refractivity contribution is -0.141. The van der Waals surface area contributed by atoms with Gasteiger partial charge in [0.15, 0.2) is 5.60 Å². The topological polar surface area (TPSA) is 66.8 Å². The van der Waals surface area contributed by atoms with Crippen LogP contribution in [0.4, 0.5) is 5.69 Å². The molecule has 0 bridgehead atoms. The van der Waals surface area contributed by atoms with Gasteiger partial charge in [-0.25, -0.2) is 0 Å². The quantitative estimate of drug-likeness (QED) is 0.747. The summed E-state index contributed by atoms with van der Waals surface area (Å²) in [5, 5.41) is 11.4. The molecule has 5 nitrogen and oxygen atoms in total. The molecule has 1 amide bonds. The van der Waals surface area contributed by atoms with Gasteiger partial charge >= 0.3 is 0 Å². The molecule has 7 heteroatoms. The first-order valence-electron chi connectivity index (χ1n) is 8.04. The lowest BCUT2D eigenvalue weighted by Gasteiger charge is -2.22. The number of para-hydroxylation sites is 1. The molecule has 1 aliphatic heterocycles. The van der Waals surface area contributed by atoms with E-state index in [0.29, 0.717) is 22.0 Å². The normalized spacial score (nSPS) is 18.8. The Hall–Kier alpha value is -1.89. The second-order valence-corrected chi connectivity index (χ2v) is 7.46. The fraction of sp³-hybridized carbons (Fsp3) is 0.263. The zero-order valence-electron chi connectivity index (χ0n) is 14.0. The number of amides is 1. The summed E-state index contributed by atoms with van der Waals surface area (Å²) in [6.45, 7) is 1.77. The first kappa shape index (κ1) is 18.9. The summed E-state index contributed by atoms with van der Waals surface area (Å²) in [4.78, 5) is 25.9. The molecular weight excluding hydrogens is 422 g/mol. The van der Waals surface area contributed by atoms with Crippen molar-refractivity contribution in [1.82, 2.24) is 0 Å². The molecule has 3 rings (SSSR count). The van der Waals surface area contributed by atoms with E-state index < -0.39 is 11.5 Å². The number of anilines is 1. The highest BCUT2D eigenvalue weighted by Gasteiger charge is 2.50. The van der Waals surface area contributed by atoms with Gasteiger partial charge in [0, 0.05) is 16.5 Å². The summed E-state index contributed by atoms with van der Waals surface area (Å²) in [7, 11) is 0. The molecule has 1 heterocycles. The predicted octanol–water partition coefficient (Wildman–Crippen LogP) is 3.69.